The van der Waals surface area contributed by atoms with Crippen LogP contribution < -0.4 is 11.1 Å². The number of aromatic nitrogens is 1. The van der Waals surface area contributed by atoms with Gasteiger partial charge in [-0.2, -0.15) is 11.8 Å². The fourth-order valence-corrected chi connectivity index (χ4v) is 3.75. The second-order valence-electron chi connectivity index (χ2n) is 5.08. The quantitative estimate of drug-likeness (QED) is 0.836. The number of pyridine rings is 1. The van der Waals surface area contributed by atoms with Gasteiger partial charge in [0.2, 0.25) is 0 Å². The van der Waals surface area contributed by atoms with E-state index < -0.39 is 0 Å². The molecule has 0 aliphatic heterocycles. The summed E-state index contributed by atoms with van der Waals surface area (Å²) in [5.41, 5.74) is 7.80. The zero-order valence-electron chi connectivity index (χ0n) is 11.5. The summed E-state index contributed by atoms with van der Waals surface area (Å²) >= 11 is 7.11. The van der Waals surface area contributed by atoms with Crippen LogP contribution >= 0.6 is 24.0 Å². The molecule has 1 saturated carbocycles. The minimum absolute atomic E-state index is 0.422. The number of anilines is 1. The van der Waals surface area contributed by atoms with E-state index in [1.165, 1.54) is 25.7 Å². The molecule has 0 amide bonds. The van der Waals surface area contributed by atoms with Crippen LogP contribution in [0.2, 0.25) is 0 Å². The summed E-state index contributed by atoms with van der Waals surface area (Å²) in [6.07, 6.45) is 8.99. The molecule has 5 heteroatoms. The Morgan fingerprint density at radius 2 is 2.32 bits per heavy atom. The van der Waals surface area contributed by atoms with Crippen LogP contribution in [0.1, 0.15) is 36.8 Å². The molecule has 2 atom stereocenters. The lowest BCUT2D eigenvalue weighted by molar-refractivity contribution is 0.472. The number of rotatable bonds is 4. The summed E-state index contributed by atoms with van der Waals surface area (Å²) in [6, 6.07) is 2.43. The third kappa shape index (κ3) is 3.60. The number of nitrogens with two attached hydrogens (primary N) is 1. The first-order chi connectivity index (χ1) is 9.11. The summed E-state index contributed by atoms with van der Waals surface area (Å²) in [6.45, 7) is 2.02. The highest BCUT2D eigenvalue weighted by Crippen LogP contribution is 2.29. The van der Waals surface area contributed by atoms with Gasteiger partial charge in [0, 0.05) is 17.5 Å². The zero-order chi connectivity index (χ0) is 13.8. The fourth-order valence-electron chi connectivity index (χ4n) is 2.66. The number of nitrogens with zero attached hydrogens (tertiary/aromatic N) is 1. The number of aryl methyl sites for hydroxylation is 1. The second kappa shape index (κ2) is 6.57. The van der Waals surface area contributed by atoms with Crippen LogP contribution in [0.15, 0.2) is 12.3 Å². The van der Waals surface area contributed by atoms with Crippen LogP contribution in [0.4, 0.5) is 5.82 Å². The summed E-state index contributed by atoms with van der Waals surface area (Å²) < 4.78 is 0. The predicted molar refractivity (Wildman–Crippen MR) is 88.0 cm³/mol. The first kappa shape index (κ1) is 14.6. The molecular weight excluding hydrogens is 274 g/mol. The van der Waals surface area contributed by atoms with Gasteiger partial charge in [-0.05, 0) is 44.1 Å². The van der Waals surface area contributed by atoms with E-state index in [1.54, 1.807) is 0 Å². The standard InChI is InChI=1S/C14H21N3S2/c1-9-6-7-16-14(12(9)13(15)18)17-10-4-3-5-11(8-10)19-2/h6-7,10-11H,3-5,8H2,1-2H3,(H2,15,18)(H,16,17). The van der Waals surface area contributed by atoms with E-state index in [0.29, 0.717) is 11.0 Å². The van der Waals surface area contributed by atoms with Crippen LogP contribution in [0.25, 0.3) is 0 Å². The van der Waals surface area contributed by atoms with Gasteiger partial charge in [0.1, 0.15) is 10.8 Å². The van der Waals surface area contributed by atoms with Crippen LogP contribution in [0, 0.1) is 6.92 Å². The SMILES string of the molecule is CSC1CCCC(Nc2nccc(C)c2C(N)=S)C1. The highest BCUT2D eigenvalue weighted by Gasteiger charge is 2.22. The lowest BCUT2D eigenvalue weighted by Gasteiger charge is -2.29. The van der Waals surface area contributed by atoms with Crippen molar-refractivity contribution in [3.05, 3.63) is 23.4 Å². The Kier molecular flexibility index (Phi) is 5.05. The average Bonchev–Trinajstić information content (AvgIpc) is 2.38. The Morgan fingerprint density at radius 1 is 1.53 bits per heavy atom. The van der Waals surface area contributed by atoms with Gasteiger partial charge in [0.25, 0.3) is 0 Å². The molecule has 0 radical (unpaired) electrons. The van der Waals surface area contributed by atoms with E-state index in [2.05, 4.69) is 16.6 Å². The second-order valence-corrected chi connectivity index (χ2v) is 6.66. The number of thiocarbonyl (C=S) groups is 1. The average molecular weight is 295 g/mol. The van der Waals surface area contributed by atoms with Crippen molar-refractivity contribution in [2.75, 3.05) is 11.6 Å². The Balaban J connectivity index is 2.14. The maximum atomic E-state index is 5.82. The highest BCUT2D eigenvalue weighted by atomic mass is 32.2. The smallest absolute Gasteiger partial charge is 0.136 e. The van der Waals surface area contributed by atoms with Crippen LogP contribution in [-0.4, -0.2) is 27.5 Å². The minimum atomic E-state index is 0.422. The van der Waals surface area contributed by atoms with Gasteiger partial charge in [-0.1, -0.05) is 18.6 Å². The topological polar surface area (TPSA) is 50.9 Å². The van der Waals surface area contributed by atoms with Crippen LogP contribution in [0.5, 0.6) is 0 Å². The van der Waals surface area contributed by atoms with Gasteiger partial charge in [-0.3, -0.25) is 0 Å². The predicted octanol–water partition coefficient (Wildman–Crippen LogP) is 3.11. The third-order valence-corrected chi connectivity index (χ3v) is 5.00. The lowest BCUT2D eigenvalue weighted by atomic mass is 9.94. The molecule has 0 spiro atoms. The van der Waals surface area contributed by atoms with Crippen molar-refractivity contribution in [3.63, 3.8) is 0 Å². The molecule has 1 aromatic heterocycles. The van der Waals surface area contributed by atoms with Crippen LogP contribution in [-0.2, 0) is 0 Å². The van der Waals surface area contributed by atoms with Crippen molar-refractivity contribution in [1.29, 1.82) is 0 Å². The van der Waals surface area contributed by atoms with Gasteiger partial charge in [-0.25, -0.2) is 4.98 Å². The van der Waals surface area contributed by atoms with Crippen molar-refractivity contribution >= 4 is 34.8 Å². The normalized spacial score (nSPS) is 23.1. The molecule has 1 heterocycles. The summed E-state index contributed by atoms with van der Waals surface area (Å²) in [7, 11) is 0. The molecule has 2 unspecified atom stereocenters. The zero-order valence-corrected chi connectivity index (χ0v) is 13.1. The number of thioether (sulfide) groups is 1. The van der Waals surface area contributed by atoms with E-state index in [1.807, 2.05) is 30.9 Å². The van der Waals surface area contributed by atoms with Gasteiger partial charge >= 0.3 is 0 Å². The largest absolute Gasteiger partial charge is 0.389 e. The van der Waals surface area contributed by atoms with Gasteiger partial charge in [0.15, 0.2) is 0 Å². The third-order valence-electron chi connectivity index (χ3n) is 3.71. The number of hydrogen-bond donors (Lipinski definition) is 2. The Labute approximate surface area is 124 Å². The number of hydrogen-bond acceptors (Lipinski definition) is 4. The van der Waals surface area contributed by atoms with E-state index in [0.717, 1.165) is 22.2 Å². The summed E-state index contributed by atoms with van der Waals surface area (Å²) in [5.74, 6) is 0.847. The molecule has 1 aliphatic carbocycles. The molecule has 3 nitrogen and oxygen atoms in total. The Hall–Kier alpha value is -0.810. The monoisotopic (exact) mass is 295 g/mol. The Morgan fingerprint density at radius 3 is 3.00 bits per heavy atom. The molecule has 1 aromatic rings. The molecular formula is C14H21N3S2. The van der Waals surface area contributed by atoms with Crippen molar-refractivity contribution in [3.8, 4) is 0 Å². The van der Waals surface area contributed by atoms with E-state index >= 15 is 0 Å². The van der Waals surface area contributed by atoms with Crippen LogP contribution in [0.3, 0.4) is 0 Å². The van der Waals surface area contributed by atoms with E-state index in [-0.39, 0.29) is 0 Å². The summed E-state index contributed by atoms with van der Waals surface area (Å²) in [5, 5.41) is 4.30. The lowest BCUT2D eigenvalue weighted by Crippen LogP contribution is -2.30. The number of nitrogens with one attached hydrogen (secondary N) is 1. The maximum Gasteiger partial charge on any atom is 0.136 e. The molecule has 0 saturated heterocycles. The molecule has 1 aliphatic rings. The minimum Gasteiger partial charge on any atom is -0.389 e. The van der Waals surface area contributed by atoms with E-state index in [4.69, 9.17) is 18.0 Å². The molecule has 1 fully saturated rings. The maximum absolute atomic E-state index is 5.82. The fraction of sp³-hybridized carbons (Fsp3) is 0.571. The van der Waals surface area contributed by atoms with Gasteiger partial charge in [0.05, 0.1) is 5.56 Å². The van der Waals surface area contributed by atoms with Crippen molar-refractivity contribution < 1.29 is 0 Å². The molecule has 2 rings (SSSR count). The molecule has 0 bridgehead atoms. The first-order valence-corrected chi connectivity index (χ1v) is 8.36. The molecule has 0 aromatic carbocycles. The van der Waals surface area contributed by atoms with Gasteiger partial charge in [-0.15, -0.1) is 0 Å². The van der Waals surface area contributed by atoms with E-state index in [9.17, 15) is 0 Å². The van der Waals surface area contributed by atoms with Crippen molar-refractivity contribution in [2.45, 2.75) is 43.9 Å². The summed E-state index contributed by atoms with van der Waals surface area (Å²) in [4.78, 5) is 4.84. The highest BCUT2D eigenvalue weighted by molar-refractivity contribution is 7.99. The Bertz CT molecular complexity index is 462. The molecule has 19 heavy (non-hydrogen) atoms. The molecule has 3 N–H and O–H groups in total. The van der Waals surface area contributed by atoms with Crippen molar-refractivity contribution in [1.82, 2.24) is 4.98 Å². The molecule has 104 valence electrons. The van der Waals surface area contributed by atoms with Gasteiger partial charge < -0.3 is 11.1 Å². The van der Waals surface area contributed by atoms with Crippen molar-refractivity contribution in [2.24, 2.45) is 5.73 Å². The first-order valence-electron chi connectivity index (χ1n) is 6.66.